The second-order valence-corrected chi connectivity index (χ2v) is 4.46. The van der Waals surface area contributed by atoms with Gasteiger partial charge in [-0.3, -0.25) is 0 Å². The summed E-state index contributed by atoms with van der Waals surface area (Å²) in [4.78, 5) is 4.50. The van der Waals surface area contributed by atoms with Gasteiger partial charge in [-0.25, -0.2) is 9.50 Å². The van der Waals surface area contributed by atoms with Gasteiger partial charge in [0, 0.05) is 12.5 Å². The molecular formula is C10H10BrN3O. The quantitative estimate of drug-likeness (QED) is 0.742. The van der Waals surface area contributed by atoms with Crippen molar-refractivity contribution in [3.05, 3.63) is 28.6 Å². The Morgan fingerprint density at radius 2 is 2.40 bits per heavy atom. The Morgan fingerprint density at radius 1 is 1.47 bits per heavy atom. The third kappa shape index (κ3) is 1.55. The standard InChI is InChI=1S/C10H10BrN3O/c11-8-2-1-3-9-12-10(13-14(8)9)7-4-5-15-6-7/h1-3,7H,4-6H2. The first-order valence-electron chi connectivity index (χ1n) is 4.93. The van der Waals surface area contributed by atoms with E-state index >= 15 is 0 Å². The summed E-state index contributed by atoms with van der Waals surface area (Å²) in [5.41, 5.74) is 0.881. The molecule has 1 fully saturated rings. The zero-order chi connectivity index (χ0) is 10.3. The maximum absolute atomic E-state index is 5.34. The SMILES string of the molecule is Brc1cccc2nc(C3CCOC3)nn12. The lowest BCUT2D eigenvalue weighted by Gasteiger charge is -1.98. The topological polar surface area (TPSA) is 39.4 Å². The Hall–Kier alpha value is -0.940. The van der Waals surface area contributed by atoms with Crippen LogP contribution in [-0.2, 0) is 4.74 Å². The Morgan fingerprint density at radius 3 is 3.13 bits per heavy atom. The average Bonchev–Trinajstić information content (AvgIpc) is 2.86. The summed E-state index contributed by atoms with van der Waals surface area (Å²) in [7, 11) is 0. The summed E-state index contributed by atoms with van der Waals surface area (Å²) in [5, 5.41) is 4.47. The molecule has 1 saturated heterocycles. The largest absolute Gasteiger partial charge is 0.381 e. The minimum absolute atomic E-state index is 0.358. The van der Waals surface area contributed by atoms with Crippen molar-refractivity contribution < 1.29 is 4.74 Å². The van der Waals surface area contributed by atoms with Crippen molar-refractivity contribution in [2.24, 2.45) is 0 Å². The van der Waals surface area contributed by atoms with Crippen LogP contribution in [0.2, 0.25) is 0 Å². The van der Waals surface area contributed by atoms with Gasteiger partial charge in [0.1, 0.15) is 4.60 Å². The molecule has 0 N–H and O–H groups in total. The van der Waals surface area contributed by atoms with Crippen LogP contribution in [0.5, 0.6) is 0 Å². The fraction of sp³-hybridized carbons (Fsp3) is 0.400. The van der Waals surface area contributed by atoms with Gasteiger partial charge in [0.05, 0.1) is 6.61 Å². The molecule has 0 aromatic carbocycles. The molecule has 15 heavy (non-hydrogen) atoms. The van der Waals surface area contributed by atoms with Crippen LogP contribution >= 0.6 is 15.9 Å². The highest BCUT2D eigenvalue weighted by Crippen LogP contribution is 2.23. The van der Waals surface area contributed by atoms with Crippen molar-refractivity contribution in [1.82, 2.24) is 14.6 Å². The Kier molecular flexibility index (Phi) is 2.21. The van der Waals surface area contributed by atoms with E-state index in [1.54, 1.807) is 0 Å². The summed E-state index contributed by atoms with van der Waals surface area (Å²) in [6.45, 7) is 1.57. The highest BCUT2D eigenvalue weighted by atomic mass is 79.9. The molecule has 1 atom stereocenters. The van der Waals surface area contributed by atoms with Crippen molar-refractivity contribution >= 4 is 21.6 Å². The molecule has 2 aromatic rings. The number of hydrogen-bond donors (Lipinski definition) is 0. The van der Waals surface area contributed by atoms with Crippen molar-refractivity contribution in [3.8, 4) is 0 Å². The molecule has 0 spiro atoms. The third-order valence-electron chi connectivity index (χ3n) is 2.62. The van der Waals surface area contributed by atoms with Gasteiger partial charge in [0.25, 0.3) is 0 Å². The molecule has 3 rings (SSSR count). The number of pyridine rings is 1. The van der Waals surface area contributed by atoms with Crippen LogP contribution < -0.4 is 0 Å². The summed E-state index contributed by atoms with van der Waals surface area (Å²) >= 11 is 3.45. The van der Waals surface area contributed by atoms with Gasteiger partial charge in [0.2, 0.25) is 0 Å². The maximum Gasteiger partial charge on any atom is 0.157 e. The number of nitrogens with zero attached hydrogens (tertiary/aromatic N) is 3. The van der Waals surface area contributed by atoms with Gasteiger partial charge in [-0.2, -0.15) is 0 Å². The van der Waals surface area contributed by atoms with E-state index in [9.17, 15) is 0 Å². The molecule has 0 bridgehead atoms. The molecule has 0 saturated carbocycles. The lowest BCUT2D eigenvalue weighted by Crippen LogP contribution is -2.00. The molecule has 4 nitrogen and oxygen atoms in total. The molecule has 5 heteroatoms. The highest BCUT2D eigenvalue weighted by molar-refractivity contribution is 9.10. The normalized spacial score (nSPS) is 21.3. The van der Waals surface area contributed by atoms with Crippen LogP contribution in [0.25, 0.3) is 5.65 Å². The van der Waals surface area contributed by atoms with E-state index in [2.05, 4.69) is 26.0 Å². The molecule has 2 aromatic heterocycles. The smallest absolute Gasteiger partial charge is 0.157 e. The summed E-state index contributed by atoms with van der Waals surface area (Å²) in [6.07, 6.45) is 1.02. The first kappa shape index (κ1) is 9.30. The number of halogens is 1. The average molecular weight is 268 g/mol. The van der Waals surface area contributed by atoms with Gasteiger partial charge >= 0.3 is 0 Å². The van der Waals surface area contributed by atoms with Crippen molar-refractivity contribution in [2.75, 3.05) is 13.2 Å². The molecule has 0 radical (unpaired) electrons. The minimum atomic E-state index is 0.358. The maximum atomic E-state index is 5.34. The van der Waals surface area contributed by atoms with E-state index in [1.165, 1.54) is 0 Å². The van der Waals surface area contributed by atoms with E-state index in [-0.39, 0.29) is 0 Å². The second-order valence-electron chi connectivity index (χ2n) is 3.65. The van der Waals surface area contributed by atoms with Crippen LogP contribution in [0.3, 0.4) is 0 Å². The van der Waals surface area contributed by atoms with Crippen LogP contribution in [0.15, 0.2) is 22.8 Å². The fourth-order valence-corrected chi connectivity index (χ4v) is 2.21. The summed E-state index contributed by atoms with van der Waals surface area (Å²) in [6, 6.07) is 5.87. The predicted octanol–water partition coefficient (Wildman–Crippen LogP) is 2.00. The van der Waals surface area contributed by atoms with Crippen LogP contribution in [0.4, 0.5) is 0 Å². The van der Waals surface area contributed by atoms with Gasteiger partial charge in [-0.05, 0) is 34.5 Å². The summed E-state index contributed by atoms with van der Waals surface area (Å²) < 4.78 is 8.08. The van der Waals surface area contributed by atoms with Crippen molar-refractivity contribution in [3.63, 3.8) is 0 Å². The van der Waals surface area contributed by atoms with E-state index in [4.69, 9.17) is 4.74 Å². The van der Waals surface area contributed by atoms with Crippen LogP contribution in [-0.4, -0.2) is 27.8 Å². The van der Waals surface area contributed by atoms with Crippen molar-refractivity contribution in [2.45, 2.75) is 12.3 Å². The van der Waals surface area contributed by atoms with Gasteiger partial charge in [-0.15, -0.1) is 5.10 Å². The zero-order valence-corrected chi connectivity index (χ0v) is 9.64. The lowest BCUT2D eigenvalue weighted by atomic mass is 10.1. The molecule has 1 aliphatic heterocycles. The zero-order valence-electron chi connectivity index (χ0n) is 8.06. The Bertz CT molecular complexity index is 490. The predicted molar refractivity (Wildman–Crippen MR) is 58.9 cm³/mol. The number of aromatic nitrogens is 3. The first-order chi connectivity index (χ1) is 7.34. The number of ether oxygens (including phenoxy) is 1. The molecule has 0 aliphatic carbocycles. The molecular weight excluding hydrogens is 258 g/mol. The molecule has 3 heterocycles. The molecule has 78 valence electrons. The van der Waals surface area contributed by atoms with E-state index in [0.29, 0.717) is 5.92 Å². The number of hydrogen-bond acceptors (Lipinski definition) is 3. The number of rotatable bonds is 1. The van der Waals surface area contributed by atoms with Gasteiger partial charge in [0.15, 0.2) is 11.5 Å². The highest BCUT2D eigenvalue weighted by Gasteiger charge is 2.22. The first-order valence-corrected chi connectivity index (χ1v) is 5.73. The number of fused-ring (bicyclic) bond motifs is 1. The van der Waals surface area contributed by atoms with Gasteiger partial charge in [-0.1, -0.05) is 6.07 Å². The molecule has 1 unspecified atom stereocenters. The van der Waals surface area contributed by atoms with E-state index in [1.807, 2.05) is 22.7 Å². The minimum Gasteiger partial charge on any atom is -0.381 e. The van der Waals surface area contributed by atoms with Crippen molar-refractivity contribution in [1.29, 1.82) is 0 Å². The van der Waals surface area contributed by atoms with Gasteiger partial charge < -0.3 is 4.74 Å². The Balaban J connectivity index is 2.09. The Labute approximate surface area is 95.4 Å². The van der Waals surface area contributed by atoms with E-state index < -0.39 is 0 Å². The third-order valence-corrected chi connectivity index (χ3v) is 3.23. The van der Waals surface area contributed by atoms with Crippen LogP contribution in [0, 0.1) is 0 Å². The summed E-state index contributed by atoms with van der Waals surface area (Å²) in [5.74, 6) is 1.25. The molecule has 1 aliphatic rings. The fourth-order valence-electron chi connectivity index (χ4n) is 1.80. The monoisotopic (exact) mass is 267 g/mol. The lowest BCUT2D eigenvalue weighted by molar-refractivity contribution is 0.193. The molecule has 0 amide bonds. The van der Waals surface area contributed by atoms with E-state index in [0.717, 1.165) is 35.7 Å². The second kappa shape index (κ2) is 3.57. The van der Waals surface area contributed by atoms with Crippen LogP contribution in [0.1, 0.15) is 18.2 Å².